The first-order chi connectivity index (χ1) is 14.0. The number of likely N-dealkylation sites (N-methyl/N-ethyl adjacent to an activating group) is 1. The third-order valence-corrected chi connectivity index (χ3v) is 4.56. The zero-order chi connectivity index (χ0) is 20.8. The SMILES string of the molecule is CN(C)CCN(c1ccccc1-c1ccccc1C=O)c1ncccc1[N+](=O)[O-]. The minimum atomic E-state index is -0.424. The molecule has 29 heavy (non-hydrogen) atoms. The monoisotopic (exact) mass is 390 g/mol. The zero-order valence-corrected chi connectivity index (χ0v) is 16.4. The summed E-state index contributed by atoms with van der Waals surface area (Å²) in [6.45, 7) is 1.16. The van der Waals surface area contributed by atoms with Gasteiger partial charge in [0.05, 0.1) is 10.6 Å². The van der Waals surface area contributed by atoms with Crippen LogP contribution in [0.3, 0.4) is 0 Å². The number of anilines is 2. The number of hydrogen-bond acceptors (Lipinski definition) is 6. The smallest absolute Gasteiger partial charge is 0.311 e. The molecule has 0 saturated carbocycles. The Morgan fingerprint density at radius 1 is 0.966 bits per heavy atom. The number of aromatic nitrogens is 1. The predicted octanol–water partition coefficient (Wildman–Crippen LogP) is 4.17. The van der Waals surface area contributed by atoms with Crippen molar-refractivity contribution in [2.45, 2.75) is 0 Å². The molecule has 7 heteroatoms. The van der Waals surface area contributed by atoms with Gasteiger partial charge in [-0.25, -0.2) is 4.98 Å². The van der Waals surface area contributed by atoms with Gasteiger partial charge >= 0.3 is 5.69 Å². The summed E-state index contributed by atoms with van der Waals surface area (Å²) in [6.07, 6.45) is 2.37. The minimum Gasteiger partial charge on any atom is -0.319 e. The van der Waals surface area contributed by atoms with Crippen molar-refractivity contribution in [2.24, 2.45) is 0 Å². The Balaban J connectivity index is 2.21. The van der Waals surface area contributed by atoms with Gasteiger partial charge in [0.2, 0.25) is 5.82 Å². The van der Waals surface area contributed by atoms with Crippen molar-refractivity contribution in [1.29, 1.82) is 0 Å². The summed E-state index contributed by atoms with van der Waals surface area (Å²) in [5.74, 6) is 0.274. The molecule has 0 radical (unpaired) electrons. The number of benzene rings is 2. The highest BCUT2D eigenvalue weighted by Gasteiger charge is 2.24. The number of nitro groups is 1. The molecule has 0 aliphatic heterocycles. The highest BCUT2D eigenvalue weighted by molar-refractivity contribution is 5.93. The Bertz CT molecular complexity index is 1020. The van der Waals surface area contributed by atoms with Gasteiger partial charge in [-0.2, -0.15) is 0 Å². The van der Waals surface area contributed by atoms with E-state index >= 15 is 0 Å². The fraction of sp³-hybridized carbons (Fsp3) is 0.182. The molecule has 3 rings (SSSR count). The molecule has 148 valence electrons. The number of para-hydroxylation sites is 1. The number of rotatable bonds is 8. The van der Waals surface area contributed by atoms with Gasteiger partial charge in [-0.15, -0.1) is 0 Å². The van der Waals surface area contributed by atoms with Gasteiger partial charge in [-0.1, -0.05) is 42.5 Å². The summed E-state index contributed by atoms with van der Waals surface area (Å²) >= 11 is 0. The molecule has 1 heterocycles. The second-order valence-electron chi connectivity index (χ2n) is 6.78. The molecule has 0 unspecified atom stereocenters. The largest absolute Gasteiger partial charge is 0.319 e. The van der Waals surface area contributed by atoms with E-state index < -0.39 is 4.92 Å². The fourth-order valence-electron chi connectivity index (χ4n) is 3.16. The van der Waals surface area contributed by atoms with Crippen LogP contribution < -0.4 is 4.90 Å². The van der Waals surface area contributed by atoms with Crippen LogP contribution in [0.25, 0.3) is 11.1 Å². The van der Waals surface area contributed by atoms with Crippen LogP contribution in [0.2, 0.25) is 0 Å². The second-order valence-corrected chi connectivity index (χ2v) is 6.78. The summed E-state index contributed by atoms with van der Waals surface area (Å²) in [4.78, 5) is 31.0. The first-order valence-electron chi connectivity index (χ1n) is 9.18. The van der Waals surface area contributed by atoms with E-state index in [2.05, 4.69) is 4.98 Å². The summed E-state index contributed by atoms with van der Waals surface area (Å²) in [7, 11) is 3.89. The molecule has 0 fully saturated rings. The Morgan fingerprint density at radius 2 is 1.66 bits per heavy atom. The van der Waals surface area contributed by atoms with Crippen LogP contribution in [-0.4, -0.2) is 48.3 Å². The van der Waals surface area contributed by atoms with Crippen LogP contribution in [0, 0.1) is 10.1 Å². The molecule has 0 aliphatic carbocycles. The molecule has 1 aromatic heterocycles. The molecule has 7 nitrogen and oxygen atoms in total. The lowest BCUT2D eigenvalue weighted by atomic mass is 9.98. The quantitative estimate of drug-likeness (QED) is 0.326. The maximum absolute atomic E-state index is 11.6. The average Bonchev–Trinajstić information content (AvgIpc) is 2.74. The number of carbonyl (C=O) groups is 1. The van der Waals surface area contributed by atoms with E-state index in [1.54, 1.807) is 18.3 Å². The molecule has 3 aromatic rings. The van der Waals surface area contributed by atoms with Crippen LogP contribution in [0.4, 0.5) is 17.2 Å². The number of hydrogen-bond donors (Lipinski definition) is 0. The molecule has 0 bridgehead atoms. The molecule has 0 atom stereocenters. The van der Waals surface area contributed by atoms with E-state index in [0.29, 0.717) is 18.7 Å². The minimum absolute atomic E-state index is 0.0651. The Morgan fingerprint density at radius 3 is 2.34 bits per heavy atom. The number of nitrogens with zero attached hydrogens (tertiary/aromatic N) is 4. The molecule has 2 aromatic carbocycles. The van der Waals surface area contributed by atoms with Gasteiger partial charge in [-0.05, 0) is 31.8 Å². The summed E-state index contributed by atoms with van der Waals surface area (Å²) in [5.41, 5.74) is 2.83. The first-order valence-corrected chi connectivity index (χ1v) is 9.18. The van der Waals surface area contributed by atoms with Crippen molar-refractivity contribution in [3.63, 3.8) is 0 Å². The van der Waals surface area contributed by atoms with Gasteiger partial charge in [0.15, 0.2) is 6.29 Å². The Hall–Kier alpha value is -3.58. The molecule has 0 amide bonds. The topological polar surface area (TPSA) is 79.6 Å². The van der Waals surface area contributed by atoms with E-state index in [-0.39, 0.29) is 11.5 Å². The molecular formula is C22H22N4O3. The van der Waals surface area contributed by atoms with Gasteiger partial charge < -0.3 is 9.80 Å². The van der Waals surface area contributed by atoms with E-state index in [9.17, 15) is 14.9 Å². The molecule has 0 aliphatic rings. The summed E-state index contributed by atoms with van der Waals surface area (Å²) in [6, 6.07) is 17.9. The van der Waals surface area contributed by atoms with E-state index in [4.69, 9.17) is 0 Å². The van der Waals surface area contributed by atoms with Crippen molar-refractivity contribution >= 4 is 23.5 Å². The summed E-state index contributed by atoms with van der Waals surface area (Å²) in [5, 5.41) is 11.6. The van der Waals surface area contributed by atoms with E-state index in [1.807, 2.05) is 66.4 Å². The Kier molecular flexibility index (Phi) is 6.31. The normalized spacial score (nSPS) is 10.7. The third-order valence-electron chi connectivity index (χ3n) is 4.56. The standard InChI is InChI=1S/C22H22N4O3/c1-24(2)14-15-25(22-21(26(28)29)12-7-13-23-22)20-11-6-5-10-19(20)18-9-4-3-8-17(18)16-27/h3-13,16H,14-15H2,1-2H3. The first kappa shape index (κ1) is 20.2. The van der Waals surface area contributed by atoms with Gasteiger partial charge in [0, 0.05) is 36.5 Å². The highest BCUT2D eigenvalue weighted by atomic mass is 16.6. The van der Waals surface area contributed by atoms with E-state index in [1.165, 1.54) is 6.07 Å². The van der Waals surface area contributed by atoms with E-state index in [0.717, 1.165) is 23.1 Å². The fourth-order valence-corrected chi connectivity index (χ4v) is 3.16. The lowest BCUT2D eigenvalue weighted by molar-refractivity contribution is -0.384. The highest BCUT2D eigenvalue weighted by Crippen LogP contribution is 2.38. The number of aldehydes is 1. The van der Waals surface area contributed by atoms with Crippen molar-refractivity contribution in [3.8, 4) is 11.1 Å². The van der Waals surface area contributed by atoms with Crippen LogP contribution in [0.1, 0.15) is 10.4 Å². The van der Waals surface area contributed by atoms with Crippen molar-refractivity contribution in [2.75, 3.05) is 32.1 Å². The van der Waals surface area contributed by atoms with Gasteiger partial charge in [0.25, 0.3) is 0 Å². The lowest BCUT2D eigenvalue weighted by Gasteiger charge is -2.27. The summed E-state index contributed by atoms with van der Waals surface area (Å²) < 4.78 is 0. The average molecular weight is 390 g/mol. The zero-order valence-electron chi connectivity index (χ0n) is 16.4. The second kappa shape index (κ2) is 9.07. The Labute approximate surface area is 169 Å². The van der Waals surface area contributed by atoms with Crippen molar-refractivity contribution in [1.82, 2.24) is 9.88 Å². The number of pyridine rings is 1. The van der Waals surface area contributed by atoms with Crippen LogP contribution in [0.15, 0.2) is 66.9 Å². The van der Waals surface area contributed by atoms with Crippen LogP contribution in [0.5, 0.6) is 0 Å². The molecule has 0 N–H and O–H groups in total. The van der Waals surface area contributed by atoms with Gasteiger partial charge in [0.1, 0.15) is 0 Å². The third kappa shape index (κ3) is 4.47. The molecular weight excluding hydrogens is 368 g/mol. The van der Waals surface area contributed by atoms with Crippen molar-refractivity contribution in [3.05, 3.63) is 82.5 Å². The maximum Gasteiger partial charge on any atom is 0.311 e. The maximum atomic E-state index is 11.6. The van der Waals surface area contributed by atoms with Crippen LogP contribution in [-0.2, 0) is 0 Å². The predicted molar refractivity (Wildman–Crippen MR) is 114 cm³/mol. The van der Waals surface area contributed by atoms with Crippen LogP contribution >= 0.6 is 0 Å². The van der Waals surface area contributed by atoms with Gasteiger partial charge in [-0.3, -0.25) is 14.9 Å². The molecule has 0 spiro atoms. The molecule has 0 saturated heterocycles. The lowest BCUT2D eigenvalue weighted by Crippen LogP contribution is -2.29. The number of carbonyl (C=O) groups excluding carboxylic acids is 1. The van der Waals surface area contributed by atoms with Crippen molar-refractivity contribution < 1.29 is 9.72 Å².